The molecule has 3 aromatic rings. The highest BCUT2D eigenvalue weighted by atomic mass is 35.5. The van der Waals surface area contributed by atoms with E-state index >= 15 is 0 Å². The standard InChI is InChI=1S/C22H15Cl3N2O/c23-15-8-5-13(6-9-15)19-12-20-16-3-1-2-4-21(16)28-22(27(20)26-19)14-7-10-17(24)18(25)11-14/h1-11,20,22H,12H2. The van der Waals surface area contributed by atoms with Gasteiger partial charge in [0.2, 0.25) is 6.23 Å². The minimum absolute atomic E-state index is 0.0927. The lowest BCUT2D eigenvalue weighted by Crippen LogP contribution is -2.33. The zero-order valence-corrected chi connectivity index (χ0v) is 16.9. The number of halogens is 3. The highest BCUT2D eigenvalue weighted by Crippen LogP contribution is 2.47. The van der Waals surface area contributed by atoms with Crippen LogP contribution in [0.15, 0.2) is 71.8 Å². The van der Waals surface area contributed by atoms with Crippen LogP contribution in [0.1, 0.15) is 35.4 Å². The summed E-state index contributed by atoms with van der Waals surface area (Å²) < 4.78 is 6.33. The molecule has 0 aromatic heterocycles. The van der Waals surface area contributed by atoms with Gasteiger partial charge in [0.05, 0.1) is 21.8 Å². The number of rotatable bonds is 2. The lowest BCUT2D eigenvalue weighted by Gasteiger charge is -2.38. The molecule has 3 aromatic carbocycles. The first-order chi connectivity index (χ1) is 13.6. The number of hydrogen-bond acceptors (Lipinski definition) is 3. The Morgan fingerprint density at radius 3 is 2.46 bits per heavy atom. The van der Waals surface area contributed by atoms with Crippen LogP contribution in [0.5, 0.6) is 5.75 Å². The van der Waals surface area contributed by atoms with Crippen molar-refractivity contribution < 1.29 is 4.74 Å². The van der Waals surface area contributed by atoms with Crippen molar-refractivity contribution in [2.24, 2.45) is 5.10 Å². The van der Waals surface area contributed by atoms with Crippen LogP contribution in [-0.2, 0) is 0 Å². The van der Waals surface area contributed by atoms with Gasteiger partial charge in [-0.1, -0.05) is 71.2 Å². The zero-order valence-electron chi connectivity index (χ0n) is 14.6. The predicted octanol–water partition coefficient (Wildman–Crippen LogP) is 6.89. The van der Waals surface area contributed by atoms with Crippen molar-refractivity contribution >= 4 is 40.5 Å². The summed E-state index contributed by atoms with van der Waals surface area (Å²) in [5, 5.41) is 8.67. The first kappa shape index (κ1) is 17.9. The number of para-hydroxylation sites is 1. The summed E-state index contributed by atoms with van der Waals surface area (Å²) in [6.45, 7) is 0. The van der Waals surface area contributed by atoms with Crippen LogP contribution < -0.4 is 4.74 Å². The zero-order chi connectivity index (χ0) is 19.3. The van der Waals surface area contributed by atoms with Crippen LogP contribution in [0.3, 0.4) is 0 Å². The molecule has 2 atom stereocenters. The van der Waals surface area contributed by atoms with E-state index in [2.05, 4.69) is 6.07 Å². The predicted molar refractivity (Wildman–Crippen MR) is 113 cm³/mol. The maximum Gasteiger partial charge on any atom is 0.213 e. The smallest absolute Gasteiger partial charge is 0.213 e. The Morgan fingerprint density at radius 1 is 0.893 bits per heavy atom. The monoisotopic (exact) mass is 428 g/mol. The van der Waals surface area contributed by atoms with Crippen molar-refractivity contribution in [3.63, 3.8) is 0 Å². The summed E-state index contributed by atoms with van der Waals surface area (Å²) in [5.74, 6) is 0.868. The summed E-state index contributed by atoms with van der Waals surface area (Å²) in [6, 6.07) is 21.5. The molecule has 2 unspecified atom stereocenters. The lowest BCUT2D eigenvalue weighted by molar-refractivity contribution is -0.0190. The molecule has 2 aliphatic heterocycles. The van der Waals surface area contributed by atoms with Crippen LogP contribution in [0.25, 0.3) is 0 Å². The van der Waals surface area contributed by atoms with Crippen molar-refractivity contribution in [1.82, 2.24) is 5.01 Å². The number of hydrazone groups is 1. The van der Waals surface area contributed by atoms with E-state index in [1.807, 2.05) is 59.6 Å². The van der Waals surface area contributed by atoms with Gasteiger partial charge in [-0.25, -0.2) is 5.01 Å². The van der Waals surface area contributed by atoms with Crippen LogP contribution in [-0.4, -0.2) is 10.7 Å². The second kappa shape index (κ2) is 7.00. The number of fused-ring (bicyclic) bond motifs is 3. The molecule has 2 heterocycles. The first-order valence-electron chi connectivity index (χ1n) is 8.92. The van der Waals surface area contributed by atoms with E-state index in [9.17, 15) is 0 Å². The number of ether oxygens (including phenoxy) is 1. The van der Waals surface area contributed by atoms with Crippen LogP contribution in [0.4, 0.5) is 0 Å². The second-order valence-electron chi connectivity index (χ2n) is 6.84. The Labute approximate surface area is 178 Å². The van der Waals surface area contributed by atoms with Crippen molar-refractivity contribution in [2.75, 3.05) is 0 Å². The van der Waals surface area contributed by atoms with Gasteiger partial charge in [-0.15, -0.1) is 0 Å². The molecule has 0 saturated heterocycles. The summed E-state index contributed by atoms with van der Waals surface area (Å²) in [6.07, 6.45) is 0.416. The normalized spacial score (nSPS) is 20.2. The van der Waals surface area contributed by atoms with Gasteiger partial charge in [-0.3, -0.25) is 0 Å². The van der Waals surface area contributed by atoms with Gasteiger partial charge in [-0.05, 0) is 35.9 Å². The van der Waals surface area contributed by atoms with Gasteiger partial charge in [0.25, 0.3) is 0 Å². The molecule has 0 amide bonds. The van der Waals surface area contributed by atoms with E-state index in [0.717, 1.165) is 34.6 Å². The van der Waals surface area contributed by atoms with Gasteiger partial charge >= 0.3 is 0 Å². The van der Waals surface area contributed by atoms with E-state index in [4.69, 9.17) is 44.6 Å². The molecule has 2 aliphatic rings. The summed E-state index contributed by atoms with van der Waals surface area (Å²) in [5.41, 5.74) is 4.11. The minimum Gasteiger partial charge on any atom is -0.464 e. The summed E-state index contributed by atoms with van der Waals surface area (Å²) in [7, 11) is 0. The van der Waals surface area contributed by atoms with Crippen LogP contribution >= 0.6 is 34.8 Å². The van der Waals surface area contributed by atoms with E-state index < -0.39 is 0 Å². The van der Waals surface area contributed by atoms with Crippen LogP contribution in [0, 0.1) is 0 Å². The fraction of sp³-hybridized carbons (Fsp3) is 0.136. The third-order valence-electron chi connectivity index (χ3n) is 5.11. The van der Waals surface area contributed by atoms with E-state index in [1.54, 1.807) is 6.07 Å². The van der Waals surface area contributed by atoms with Gasteiger partial charge in [0, 0.05) is 22.6 Å². The van der Waals surface area contributed by atoms with Crippen molar-refractivity contribution in [3.05, 3.63) is 98.5 Å². The molecule has 0 N–H and O–H groups in total. The molecular formula is C22H15Cl3N2O. The minimum atomic E-state index is -0.375. The van der Waals surface area contributed by atoms with E-state index in [-0.39, 0.29) is 12.3 Å². The van der Waals surface area contributed by atoms with Gasteiger partial charge in [0.15, 0.2) is 0 Å². The Bertz CT molecular complexity index is 1080. The number of nitrogens with zero attached hydrogens (tertiary/aromatic N) is 2. The molecule has 0 bridgehead atoms. The summed E-state index contributed by atoms with van der Waals surface area (Å²) in [4.78, 5) is 0. The third-order valence-corrected chi connectivity index (χ3v) is 6.10. The topological polar surface area (TPSA) is 24.8 Å². The average molecular weight is 430 g/mol. The molecule has 5 rings (SSSR count). The molecular weight excluding hydrogens is 415 g/mol. The molecule has 6 heteroatoms. The Kier molecular flexibility index (Phi) is 4.47. The molecule has 140 valence electrons. The highest BCUT2D eigenvalue weighted by Gasteiger charge is 2.40. The maximum atomic E-state index is 6.33. The van der Waals surface area contributed by atoms with Crippen molar-refractivity contribution in [2.45, 2.75) is 18.7 Å². The Balaban J connectivity index is 1.59. The Morgan fingerprint density at radius 2 is 1.68 bits per heavy atom. The summed E-state index contributed by atoms with van der Waals surface area (Å²) >= 11 is 18.4. The van der Waals surface area contributed by atoms with E-state index in [0.29, 0.717) is 15.1 Å². The number of benzene rings is 3. The number of hydrogen-bond donors (Lipinski definition) is 0. The molecule has 0 spiro atoms. The molecule has 3 nitrogen and oxygen atoms in total. The first-order valence-corrected chi connectivity index (χ1v) is 10.1. The van der Waals surface area contributed by atoms with Crippen molar-refractivity contribution in [3.8, 4) is 5.75 Å². The molecule has 0 fully saturated rings. The van der Waals surface area contributed by atoms with Gasteiger partial charge < -0.3 is 4.74 Å². The molecule has 0 radical (unpaired) electrons. The van der Waals surface area contributed by atoms with Crippen LogP contribution in [0.2, 0.25) is 15.1 Å². The maximum absolute atomic E-state index is 6.33. The van der Waals surface area contributed by atoms with Crippen molar-refractivity contribution in [1.29, 1.82) is 0 Å². The molecule has 0 saturated carbocycles. The third kappa shape index (κ3) is 3.04. The fourth-order valence-electron chi connectivity index (χ4n) is 3.74. The van der Waals surface area contributed by atoms with E-state index in [1.165, 1.54) is 0 Å². The van der Waals surface area contributed by atoms with Gasteiger partial charge in [0.1, 0.15) is 5.75 Å². The fourth-order valence-corrected chi connectivity index (χ4v) is 4.17. The Hall–Kier alpha value is -2.20. The quantitative estimate of drug-likeness (QED) is 0.443. The highest BCUT2D eigenvalue weighted by molar-refractivity contribution is 6.42. The average Bonchev–Trinajstić information content (AvgIpc) is 3.16. The molecule has 0 aliphatic carbocycles. The van der Waals surface area contributed by atoms with Gasteiger partial charge in [-0.2, -0.15) is 5.10 Å². The largest absolute Gasteiger partial charge is 0.464 e. The molecule has 28 heavy (non-hydrogen) atoms. The lowest BCUT2D eigenvalue weighted by atomic mass is 9.96. The second-order valence-corrected chi connectivity index (χ2v) is 8.09. The SMILES string of the molecule is Clc1ccc(C2=NN3C(C2)c2ccccc2OC3c2ccc(Cl)c(Cl)c2)cc1.